The van der Waals surface area contributed by atoms with E-state index in [0.717, 1.165) is 0 Å². The number of aromatic nitrogens is 2. The minimum atomic E-state index is -0.398. The number of halogens is 1. The Morgan fingerprint density at radius 2 is 1.93 bits per heavy atom. The van der Waals surface area contributed by atoms with Crippen molar-refractivity contribution in [1.82, 2.24) is 14.9 Å². The largest absolute Gasteiger partial charge is 0.493 e. The molecule has 1 fully saturated rings. The maximum atomic E-state index is 12.8. The third-order valence-corrected chi connectivity index (χ3v) is 5.41. The number of hydrogen-bond donors (Lipinski definition) is 1. The van der Waals surface area contributed by atoms with Crippen LogP contribution in [0.4, 0.5) is 0 Å². The number of benzene rings is 1. The van der Waals surface area contributed by atoms with Gasteiger partial charge in [-0.15, -0.1) is 0 Å². The summed E-state index contributed by atoms with van der Waals surface area (Å²) < 4.78 is 5.91. The lowest BCUT2D eigenvalue weighted by molar-refractivity contribution is -0.121. The maximum Gasteiger partial charge on any atom is 0.257 e. The van der Waals surface area contributed by atoms with Crippen LogP contribution in [0.2, 0.25) is 5.02 Å². The van der Waals surface area contributed by atoms with E-state index >= 15 is 0 Å². The molecule has 0 atom stereocenters. The molecule has 2 N–H and O–H groups in total. The van der Waals surface area contributed by atoms with E-state index in [4.69, 9.17) is 22.1 Å². The summed E-state index contributed by atoms with van der Waals surface area (Å²) in [6.07, 6.45) is 4.44. The Hall–Kier alpha value is -2.67. The van der Waals surface area contributed by atoms with Gasteiger partial charge in [-0.05, 0) is 44.0 Å². The average molecular weight is 403 g/mol. The number of aryl methyl sites for hydroxylation is 1. The Labute approximate surface area is 168 Å². The molecule has 2 aromatic rings. The Morgan fingerprint density at radius 3 is 2.54 bits per heavy atom. The lowest BCUT2D eigenvalue weighted by atomic mass is 9.76. The number of nitrogens with two attached hydrogens (primary N) is 1. The van der Waals surface area contributed by atoms with Gasteiger partial charge < -0.3 is 15.4 Å². The molecule has 3 rings (SSSR count). The van der Waals surface area contributed by atoms with Crippen molar-refractivity contribution in [3.05, 3.63) is 53.1 Å². The number of amides is 2. The fourth-order valence-corrected chi connectivity index (χ4v) is 3.59. The summed E-state index contributed by atoms with van der Waals surface area (Å²) >= 11 is 5.90. The number of nitrogens with zero attached hydrogens (tertiary/aromatic N) is 3. The molecular formula is C20H23ClN4O3. The molecule has 0 radical (unpaired) electrons. The Kier molecular flexibility index (Phi) is 6.14. The summed E-state index contributed by atoms with van der Waals surface area (Å²) in [7, 11) is 0. The highest BCUT2D eigenvalue weighted by Gasteiger charge is 2.38. The molecule has 0 spiro atoms. The standard InChI is InChI=1S/C20H23ClN4O3/c1-14-17(11-23-13-24-14)19(27)25-8-6-20(7-9-25,10-18(22)26)12-28-16-4-2-15(21)3-5-16/h2-5,11,13H,6-10,12H2,1H3,(H2,22,26). The molecule has 8 heteroatoms. The smallest absolute Gasteiger partial charge is 0.257 e. The van der Waals surface area contributed by atoms with Gasteiger partial charge in [-0.25, -0.2) is 9.97 Å². The number of carbonyl (C=O) groups excluding carboxylic acids is 2. The van der Waals surface area contributed by atoms with E-state index < -0.39 is 5.41 Å². The van der Waals surface area contributed by atoms with Crippen LogP contribution in [0.1, 0.15) is 35.3 Å². The SMILES string of the molecule is Cc1ncncc1C(=O)N1CCC(COc2ccc(Cl)cc2)(CC(N)=O)CC1. The van der Waals surface area contributed by atoms with Gasteiger partial charge >= 0.3 is 0 Å². The van der Waals surface area contributed by atoms with Gasteiger partial charge in [0.25, 0.3) is 5.91 Å². The predicted molar refractivity (Wildman–Crippen MR) is 105 cm³/mol. The topological polar surface area (TPSA) is 98.4 Å². The lowest BCUT2D eigenvalue weighted by Gasteiger charge is -2.41. The molecule has 148 valence electrons. The number of likely N-dealkylation sites (tertiary alicyclic amines) is 1. The maximum absolute atomic E-state index is 12.8. The molecule has 1 aliphatic heterocycles. The van der Waals surface area contributed by atoms with E-state index in [1.54, 1.807) is 42.3 Å². The molecule has 0 bridgehead atoms. The normalized spacial score (nSPS) is 15.9. The van der Waals surface area contributed by atoms with Crippen LogP contribution >= 0.6 is 11.6 Å². The summed E-state index contributed by atoms with van der Waals surface area (Å²) in [5.74, 6) is 0.222. The van der Waals surface area contributed by atoms with Crippen molar-refractivity contribution in [3.63, 3.8) is 0 Å². The number of rotatable bonds is 6. The highest BCUT2D eigenvalue weighted by Crippen LogP contribution is 2.36. The lowest BCUT2D eigenvalue weighted by Crippen LogP contribution is -2.47. The van der Waals surface area contributed by atoms with Gasteiger partial charge in [-0.3, -0.25) is 9.59 Å². The molecule has 7 nitrogen and oxygen atoms in total. The van der Waals surface area contributed by atoms with E-state index in [9.17, 15) is 9.59 Å². The Balaban J connectivity index is 1.67. The van der Waals surface area contributed by atoms with Crippen LogP contribution in [0.5, 0.6) is 5.75 Å². The minimum Gasteiger partial charge on any atom is -0.493 e. The first-order chi connectivity index (χ1) is 13.4. The third kappa shape index (κ3) is 4.78. The van der Waals surface area contributed by atoms with Crippen molar-refractivity contribution in [1.29, 1.82) is 0 Å². The zero-order valence-electron chi connectivity index (χ0n) is 15.7. The van der Waals surface area contributed by atoms with Crippen LogP contribution in [-0.4, -0.2) is 46.4 Å². The average Bonchev–Trinajstić information content (AvgIpc) is 2.68. The second kappa shape index (κ2) is 8.56. The molecule has 1 aromatic carbocycles. The highest BCUT2D eigenvalue weighted by atomic mass is 35.5. The van der Waals surface area contributed by atoms with E-state index in [2.05, 4.69) is 9.97 Å². The number of ether oxygens (including phenoxy) is 1. The second-order valence-corrected chi connectivity index (χ2v) is 7.64. The van der Waals surface area contributed by atoms with Crippen LogP contribution in [0, 0.1) is 12.3 Å². The molecule has 1 aliphatic rings. The monoisotopic (exact) mass is 402 g/mol. The van der Waals surface area contributed by atoms with E-state index in [1.807, 2.05) is 0 Å². The van der Waals surface area contributed by atoms with Crippen molar-refractivity contribution in [2.24, 2.45) is 11.1 Å². The summed E-state index contributed by atoms with van der Waals surface area (Å²) in [4.78, 5) is 34.2. The van der Waals surface area contributed by atoms with Crippen LogP contribution < -0.4 is 10.5 Å². The van der Waals surface area contributed by atoms with Crippen molar-refractivity contribution >= 4 is 23.4 Å². The van der Waals surface area contributed by atoms with Crippen molar-refractivity contribution < 1.29 is 14.3 Å². The van der Waals surface area contributed by atoms with E-state index in [0.29, 0.717) is 54.6 Å². The summed E-state index contributed by atoms with van der Waals surface area (Å²) in [5.41, 5.74) is 6.25. The number of carbonyl (C=O) groups is 2. The van der Waals surface area contributed by atoms with Crippen LogP contribution in [0.25, 0.3) is 0 Å². The molecule has 2 amide bonds. The first-order valence-electron chi connectivity index (χ1n) is 9.11. The van der Waals surface area contributed by atoms with Crippen LogP contribution in [0.3, 0.4) is 0 Å². The van der Waals surface area contributed by atoms with Crippen LogP contribution in [-0.2, 0) is 4.79 Å². The zero-order valence-corrected chi connectivity index (χ0v) is 16.5. The summed E-state index contributed by atoms with van der Waals surface area (Å²) in [6.45, 7) is 3.18. The van der Waals surface area contributed by atoms with Crippen molar-refractivity contribution in [3.8, 4) is 5.75 Å². The first-order valence-corrected chi connectivity index (χ1v) is 9.49. The Morgan fingerprint density at radius 1 is 1.25 bits per heavy atom. The van der Waals surface area contributed by atoms with Gasteiger partial charge in [0.15, 0.2) is 0 Å². The molecule has 0 saturated carbocycles. The highest BCUT2D eigenvalue weighted by molar-refractivity contribution is 6.30. The minimum absolute atomic E-state index is 0.0932. The van der Waals surface area contributed by atoms with Crippen LogP contribution in [0.15, 0.2) is 36.8 Å². The second-order valence-electron chi connectivity index (χ2n) is 7.20. The van der Waals surface area contributed by atoms with Gasteiger partial charge in [0.2, 0.25) is 5.91 Å². The van der Waals surface area contributed by atoms with Gasteiger partial charge in [0.05, 0.1) is 17.9 Å². The van der Waals surface area contributed by atoms with Gasteiger partial charge in [-0.1, -0.05) is 11.6 Å². The van der Waals surface area contributed by atoms with E-state index in [1.165, 1.54) is 6.33 Å². The van der Waals surface area contributed by atoms with Gasteiger partial charge in [0.1, 0.15) is 12.1 Å². The fourth-order valence-electron chi connectivity index (χ4n) is 3.46. The summed E-state index contributed by atoms with van der Waals surface area (Å²) in [5, 5.41) is 0.631. The zero-order chi connectivity index (χ0) is 20.1. The number of primary amides is 1. The Bertz CT molecular complexity index is 849. The van der Waals surface area contributed by atoms with Gasteiger partial charge in [0, 0.05) is 36.1 Å². The van der Waals surface area contributed by atoms with Crippen molar-refractivity contribution in [2.45, 2.75) is 26.2 Å². The molecule has 1 aromatic heterocycles. The molecular weight excluding hydrogens is 380 g/mol. The fraction of sp³-hybridized carbons (Fsp3) is 0.400. The first kappa shape index (κ1) is 20.1. The summed E-state index contributed by atoms with van der Waals surface area (Å²) in [6, 6.07) is 7.08. The molecule has 28 heavy (non-hydrogen) atoms. The number of piperidine rings is 1. The quantitative estimate of drug-likeness (QED) is 0.800. The third-order valence-electron chi connectivity index (χ3n) is 5.16. The predicted octanol–water partition coefficient (Wildman–Crippen LogP) is 2.62. The molecule has 1 saturated heterocycles. The van der Waals surface area contributed by atoms with Crippen molar-refractivity contribution in [2.75, 3.05) is 19.7 Å². The van der Waals surface area contributed by atoms with Gasteiger partial charge in [-0.2, -0.15) is 0 Å². The number of hydrogen-bond acceptors (Lipinski definition) is 5. The van der Waals surface area contributed by atoms with E-state index in [-0.39, 0.29) is 18.2 Å². The molecule has 0 unspecified atom stereocenters. The molecule has 0 aliphatic carbocycles. The molecule has 2 heterocycles.